The fourth-order valence-electron chi connectivity index (χ4n) is 1.93. The van der Waals surface area contributed by atoms with E-state index in [0.29, 0.717) is 6.54 Å². The zero-order chi connectivity index (χ0) is 12.1. The molecule has 0 fully saturated rings. The van der Waals surface area contributed by atoms with Crippen molar-refractivity contribution in [3.05, 3.63) is 42.2 Å². The van der Waals surface area contributed by atoms with E-state index in [9.17, 15) is 4.79 Å². The maximum absolute atomic E-state index is 11.7. The Hall–Kier alpha value is -1.68. The van der Waals surface area contributed by atoms with E-state index in [2.05, 4.69) is 10.3 Å². The van der Waals surface area contributed by atoms with E-state index >= 15 is 0 Å². The van der Waals surface area contributed by atoms with E-state index in [1.807, 2.05) is 30.5 Å². The quantitative estimate of drug-likeness (QED) is 0.747. The van der Waals surface area contributed by atoms with Crippen molar-refractivity contribution in [3.8, 4) is 0 Å². The first kappa shape index (κ1) is 11.8. The molecule has 0 saturated heterocycles. The summed E-state index contributed by atoms with van der Waals surface area (Å²) < 4.78 is 0. The molecule has 4 nitrogen and oxygen atoms in total. The van der Waals surface area contributed by atoms with Crippen LogP contribution in [0, 0.1) is 5.92 Å². The van der Waals surface area contributed by atoms with Crippen molar-refractivity contribution < 1.29 is 4.79 Å². The molecule has 3 N–H and O–H groups in total. The lowest BCUT2D eigenvalue weighted by Crippen LogP contribution is -2.32. The van der Waals surface area contributed by atoms with Gasteiger partial charge in [0.25, 0.3) is 0 Å². The van der Waals surface area contributed by atoms with Gasteiger partial charge in [-0.15, -0.1) is 0 Å². The maximum Gasteiger partial charge on any atom is 0.227 e. The second-order valence-electron chi connectivity index (χ2n) is 4.29. The predicted octanol–water partition coefficient (Wildman–Crippen LogP) is 0.644. The minimum absolute atomic E-state index is 0.0315. The molecule has 0 saturated carbocycles. The van der Waals surface area contributed by atoms with Crippen LogP contribution in [0.25, 0.3) is 0 Å². The van der Waals surface area contributed by atoms with Crippen molar-refractivity contribution in [3.63, 3.8) is 0 Å². The molecule has 1 aromatic heterocycles. The Kier molecular flexibility index (Phi) is 3.88. The molecule has 2 atom stereocenters. The van der Waals surface area contributed by atoms with E-state index in [-0.39, 0.29) is 17.9 Å². The molecular formula is C13H17N3O. The molecule has 1 aliphatic carbocycles. The third-order valence-electron chi connectivity index (χ3n) is 2.89. The number of nitrogens with zero attached hydrogens (tertiary/aromatic N) is 1. The number of hydrogen-bond donors (Lipinski definition) is 2. The van der Waals surface area contributed by atoms with E-state index in [4.69, 9.17) is 5.73 Å². The van der Waals surface area contributed by atoms with Gasteiger partial charge in [-0.25, -0.2) is 0 Å². The summed E-state index contributed by atoms with van der Waals surface area (Å²) in [4.78, 5) is 15.8. The fourth-order valence-corrected chi connectivity index (χ4v) is 1.93. The van der Waals surface area contributed by atoms with Crippen LogP contribution in [-0.4, -0.2) is 23.5 Å². The van der Waals surface area contributed by atoms with E-state index in [1.165, 1.54) is 0 Å². The highest BCUT2D eigenvalue weighted by Gasteiger charge is 2.21. The minimum atomic E-state index is -0.0566. The molecule has 1 aromatic rings. The molecule has 0 spiro atoms. The first-order chi connectivity index (χ1) is 8.25. The summed E-state index contributed by atoms with van der Waals surface area (Å²) in [6, 6.07) is 3.93. The minimum Gasteiger partial charge on any atom is -0.355 e. The lowest BCUT2D eigenvalue weighted by atomic mass is 10.1. The van der Waals surface area contributed by atoms with Crippen LogP contribution in [0.4, 0.5) is 0 Å². The second-order valence-corrected chi connectivity index (χ2v) is 4.29. The van der Waals surface area contributed by atoms with Gasteiger partial charge in [0, 0.05) is 25.0 Å². The summed E-state index contributed by atoms with van der Waals surface area (Å²) in [5.74, 6) is 0.0111. The predicted molar refractivity (Wildman–Crippen MR) is 66.2 cm³/mol. The van der Waals surface area contributed by atoms with Gasteiger partial charge in [-0.1, -0.05) is 18.2 Å². The van der Waals surface area contributed by atoms with Crippen LogP contribution in [0.5, 0.6) is 0 Å². The molecule has 1 heterocycles. The average molecular weight is 231 g/mol. The van der Waals surface area contributed by atoms with Crippen LogP contribution in [-0.2, 0) is 11.2 Å². The molecule has 2 rings (SSSR count). The fraction of sp³-hybridized carbons (Fsp3) is 0.385. The molecular weight excluding hydrogens is 214 g/mol. The summed E-state index contributed by atoms with van der Waals surface area (Å²) in [6.07, 6.45) is 8.88. The largest absolute Gasteiger partial charge is 0.355 e. The summed E-state index contributed by atoms with van der Waals surface area (Å²) in [7, 11) is 0. The lowest BCUT2D eigenvalue weighted by Gasteiger charge is -2.10. The molecule has 0 bridgehead atoms. The number of pyridine rings is 1. The Morgan fingerprint density at radius 2 is 2.41 bits per heavy atom. The van der Waals surface area contributed by atoms with Crippen LogP contribution < -0.4 is 11.1 Å². The summed E-state index contributed by atoms with van der Waals surface area (Å²) in [6.45, 7) is 0.643. The van der Waals surface area contributed by atoms with Crippen molar-refractivity contribution in [2.45, 2.75) is 18.9 Å². The number of carbonyl (C=O) groups excluding carboxylic acids is 1. The van der Waals surface area contributed by atoms with Crippen molar-refractivity contribution in [2.24, 2.45) is 11.7 Å². The van der Waals surface area contributed by atoms with Gasteiger partial charge >= 0.3 is 0 Å². The van der Waals surface area contributed by atoms with Gasteiger partial charge in [0.2, 0.25) is 5.91 Å². The first-order valence-electron chi connectivity index (χ1n) is 5.86. The van der Waals surface area contributed by atoms with Gasteiger partial charge < -0.3 is 11.1 Å². The monoisotopic (exact) mass is 231 g/mol. The van der Waals surface area contributed by atoms with Crippen LogP contribution in [0.1, 0.15) is 12.0 Å². The Morgan fingerprint density at radius 1 is 1.53 bits per heavy atom. The van der Waals surface area contributed by atoms with E-state index < -0.39 is 0 Å². The zero-order valence-corrected chi connectivity index (χ0v) is 9.67. The number of amides is 1. The highest BCUT2D eigenvalue weighted by Crippen LogP contribution is 2.16. The Morgan fingerprint density at radius 3 is 3.06 bits per heavy atom. The molecule has 0 radical (unpaired) electrons. The first-order valence-corrected chi connectivity index (χ1v) is 5.86. The molecule has 0 aliphatic heterocycles. The van der Waals surface area contributed by atoms with Gasteiger partial charge in [0.05, 0.1) is 5.92 Å². The van der Waals surface area contributed by atoms with Crippen LogP contribution in [0.15, 0.2) is 36.7 Å². The third-order valence-corrected chi connectivity index (χ3v) is 2.89. The average Bonchev–Trinajstić information content (AvgIpc) is 2.77. The number of rotatable bonds is 4. The SMILES string of the molecule is NC1C=CC(C(=O)NCCc2cccnc2)C1. The smallest absolute Gasteiger partial charge is 0.227 e. The number of nitrogens with one attached hydrogen (secondary N) is 1. The second kappa shape index (κ2) is 5.59. The highest BCUT2D eigenvalue weighted by atomic mass is 16.1. The lowest BCUT2D eigenvalue weighted by molar-refractivity contribution is -0.123. The molecule has 17 heavy (non-hydrogen) atoms. The van der Waals surface area contributed by atoms with Gasteiger partial charge in [0.15, 0.2) is 0 Å². The molecule has 2 unspecified atom stereocenters. The molecule has 0 aromatic carbocycles. The maximum atomic E-state index is 11.7. The molecule has 4 heteroatoms. The van der Waals surface area contributed by atoms with Crippen molar-refractivity contribution in [2.75, 3.05) is 6.54 Å². The molecule has 1 amide bonds. The number of carbonyl (C=O) groups is 1. The van der Waals surface area contributed by atoms with Gasteiger partial charge in [-0.05, 0) is 24.5 Å². The van der Waals surface area contributed by atoms with Crippen LogP contribution in [0.3, 0.4) is 0 Å². The summed E-state index contributed by atoms with van der Waals surface area (Å²) >= 11 is 0. The Bertz CT molecular complexity index is 402. The van der Waals surface area contributed by atoms with Gasteiger partial charge in [0.1, 0.15) is 0 Å². The number of nitrogens with two attached hydrogens (primary N) is 1. The van der Waals surface area contributed by atoms with Gasteiger partial charge in [-0.3, -0.25) is 9.78 Å². The third kappa shape index (κ3) is 3.39. The van der Waals surface area contributed by atoms with E-state index in [1.54, 1.807) is 6.20 Å². The van der Waals surface area contributed by atoms with E-state index in [0.717, 1.165) is 18.4 Å². The van der Waals surface area contributed by atoms with Crippen molar-refractivity contribution >= 4 is 5.91 Å². The number of hydrogen-bond acceptors (Lipinski definition) is 3. The summed E-state index contributed by atoms with van der Waals surface area (Å²) in [5, 5.41) is 2.92. The van der Waals surface area contributed by atoms with Crippen LogP contribution >= 0.6 is 0 Å². The highest BCUT2D eigenvalue weighted by molar-refractivity contribution is 5.81. The zero-order valence-electron chi connectivity index (χ0n) is 9.67. The standard InChI is InChI=1S/C13H17N3O/c14-12-4-3-11(8-12)13(17)16-7-5-10-2-1-6-15-9-10/h1-4,6,9,11-12H,5,7-8,14H2,(H,16,17). The Balaban J connectivity index is 1.72. The Labute approximate surface area is 101 Å². The van der Waals surface area contributed by atoms with Gasteiger partial charge in [-0.2, -0.15) is 0 Å². The number of aromatic nitrogens is 1. The molecule has 90 valence electrons. The summed E-state index contributed by atoms with van der Waals surface area (Å²) in [5.41, 5.74) is 6.84. The molecule has 1 aliphatic rings. The normalized spacial score (nSPS) is 22.6. The van der Waals surface area contributed by atoms with Crippen molar-refractivity contribution in [1.82, 2.24) is 10.3 Å². The van der Waals surface area contributed by atoms with Crippen molar-refractivity contribution in [1.29, 1.82) is 0 Å². The van der Waals surface area contributed by atoms with Crippen LogP contribution in [0.2, 0.25) is 0 Å². The topological polar surface area (TPSA) is 68.0 Å².